The van der Waals surface area contributed by atoms with Crippen molar-refractivity contribution in [3.8, 4) is 77.9 Å². The van der Waals surface area contributed by atoms with Crippen molar-refractivity contribution in [3.05, 3.63) is 255 Å². The van der Waals surface area contributed by atoms with Gasteiger partial charge < -0.3 is 10.6 Å². The van der Waals surface area contributed by atoms with Crippen molar-refractivity contribution in [1.29, 1.82) is 0 Å². The Balaban J connectivity index is 0.930. The topological polar surface area (TPSA) is 24.1 Å². The summed E-state index contributed by atoms with van der Waals surface area (Å²) in [5.74, 6) is 0. The molecule has 294 valence electrons. The standard InChI is InChI=1S/C60H44N2/c1-5-15-43(16-6-1)49-23-13-25-51(39-49)45-27-33-55(34-28-45)61-59-37-31-53(41-57(59)47-19-9-3-10-20-47)54-32-38-60(58(42-54)48-21-11-4-12-22-48)62-56-35-29-46(30-36-56)52-26-14-24-50(40-52)44-17-7-2-8-18-44/h1-42,61-62H. The van der Waals surface area contributed by atoms with Crippen molar-refractivity contribution in [2.75, 3.05) is 10.6 Å². The van der Waals surface area contributed by atoms with E-state index in [4.69, 9.17) is 0 Å². The van der Waals surface area contributed by atoms with Gasteiger partial charge in [0.05, 0.1) is 0 Å². The maximum absolute atomic E-state index is 3.75. The third-order valence-corrected chi connectivity index (χ3v) is 11.5. The van der Waals surface area contributed by atoms with Gasteiger partial charge in [0.25, 0.3) is 0 Å². The van der Waals surface area contributed by atoms with Crippen LogP contribution in [0.15, 0.2) is 255 Å². The van der Waals surface area contributed by atoms with E-state index in [0.29, 0.717) is 0 Å². The second kappa shape index (κ2) is 17.6. The zero-order valence-electron chi connectivity index (χ0n) is 34.2. The van der Waals surface area contributed by atoms with Crippen LogP contribution in [0.3, 0.4) is 0 Å². The molecule has 0 saturated carbocycles. The van der Waals surface area contributed by atoms with Crippen LogP contribution in [0.25, 0.3) is 77.9 Å². The maximum Gasteiger partial charge on any atom is 0.0464 e. The summed E-state index contributed by atoms with van der Waals surface area (Å²) in [7, 11) is 0. The molecule has 0 aromatic heterocycles. The van der Waals surface area contributed by atoms with E-state index in [2.05, 4.69) is 265 Å². The van der Waals surface area contributed by atoms with Crippen LogP contribution in [-0.2, 0) is 0 Å². The van der Waals surface area contributed by atoms with Crippen molar-refractivity contribution >= 4 is 22.7 Å². The molecule has 0 aliphatic heterocycles. The van der Waals surface area contributed by atoms with Gasteiger partial charge in [-0.05, 0) is 127 Å². The first kappa shape index (κ1) is 38.0. The third kappa shape index (κ3) is 8.45. The lowest BCUT2D eigenvalue weighted by atomic mass is 9.94. The fraction of sp³-hybridized carbons (Fsp3) is 0. The molecule has 0 radical (unpaired) electrons. The van der Waals surface area contributed by atoms with E-state index in [1.165, 1.54) is 44.5 Å². The molecule has 2 heteroatoms. The molecule has 62 heavy (non-hydrogen) atoms. The van der Waals surface area contributed by atoms with Crippen LogP contribution in [-0.4, -0.2) is 0 Å². The van der Waals surface area contributed by atoms with E-state index in [-0.39, 0.29) is 0 Å². The molecule has 0 heterocycles. The summed E-state index contributed by atoms with van der Waals surface area (Å²) >= 11 is 0. The van der Waals surface area contributed by atoms with E-state index in [0.717, 1.165) is 56.1 Å². The van der Waals surface area contributed by atoms with E-state index in [9.17, 15) is 0 Å². The molecule has 10 aromatic rings. The van der Waals surface area contributed by atoms with Crippen LogP contribution < -0.4 is 10.6 Å². The van der Waals surface area contributed by atoms with Gasteiger partial charge in [0.15, 0.2) is 0 Å². The van der Waals surface area contributed by atoms with Crippen LogP contribution in [0.5, 0.6) is 0 Å². The summed E-state index contributed by atoms with van der Waals surface area (Å²) in [6.07, 6.45) is 0. The first-order valence-corrected chi connectivity index (χ1v) is 21.2. The molecular formula is C60H44N2. The lowest BCUT2D eigenvalue weighted by Gasteiger charge is -2.17. The Kier molecular flexibility index (Phi) is 10.8. The van der Waals surface area contributed by atoms with Crippen LogP contribution in [0.2, 0.25) is 0 Å². The number of rotatable bonds is 11. The number of hydrogen-bond donors (Lipinski definition) is 2. The highest BCUT2D eigenvalue weighted by molar-refractivity contribution is 5.89. The van der Waals surface area contributed by atoms with Crippen molar-refractivity contribution in [2.45, 2.75) is 0 Å². The Morgan fingerprint density at radius 3 is 0.774 bits per heavy atom. The van der Waals surface area contributed by atoms with Crippen molar-refractivity contribution < 1.29 is 0 Å². The first-order valence-electron chi connectivity index (χ1n) is 21.2. The van der Waals surface area contributed by atoms with Gasteiger partial charge >= 0.3 is 0 Å². The third-order valence-electron chi connectivity index (χ3n) is 11.5. The van der Waals surface area contributed by atoms with Gasteiger partial charge in [-0.1, -0.05) is 194 Å². The predicted octanol–water partition coefficient (Wildman–Crippen LogP) is 16.8. The zero-order chi connectivity index (χ0) is 41.5. The summed E-state index contributed by atoms with van der Waals surface area (Å²) in [5, 5.41) is 7.51. The van der Waals surface area contributed by atoms with Gasteiger partial charge in [0, 0.05) is 33.9 Å². The van der Waals surface area contributed by atoms with E-state index in [1.807, 2.05) is 0 Å². The van der Waals surface area contributed by atoms with E-state index < -0.39 is 0 Å². The number of benzene rings is 10. The Labute approximate surface area is 364 Å². The minimum absolute atomic E-state index is 1.04. The van der Waals surface area contributed by atoms with Crippen LogP contribution in [0, 0.1) is 0 Å². The van der Waals surface area contributed by atoms with Gasteiger partial charge in [0.1, 0.15) is 0 Å². The maximum atomic E-state index is 3.75. The smallest absolute Gasteiger partial charge is 0.0464 e. The highest BCUT2D eigenvalue weighted by atomic mass is 14.9. The molecule has 10 rings (SSSR count). The van der Waals surface area contributed by atoms with Crippen molar-refractivity contribution in [3.63, 3.8) is 0 Å². The van der Waals surface area contributed by atoms with Gasteiger partial charge in [-0.3, -0.25) is 0 Å². The number of anilines is 4. The zero-order valence-corrected chi connectivity index (χ0v) is 34.2. The first-order chi connectivity index (χ1) is 30.7. The summed E-state index contributed by atoms with van der Waals surface area (Å²) in [6.45, 7) is 0. The van der Waals surface area contributed by atoms with E-state index in [1.54, 1.807) is 0 Å². The van der Waals surface area contributed by atoms with Crippen LogP contribution in [0.1, 0.15) is 0 Å². The Morgan fingerprint density at radius 1 is 0.177 bits per heavy atom. The molecule has 0 aliphatic rings. The molecule has 0 aliphatic carbocycles. The molecular weight excluding hydrogens is 749 g/mol. The summed E-state index contributed by atoms with van der Waals surface area (Å²) in [5.41, 5.74) is 20.7. The molecule has 0 bridgehead atoms. The SMILES string of the molecule is c1ccc(-c2cccc(-c3ccc(Nc4ccc(-c5ccc(Nc6ccc(-c7cccc(-c8ccccc8)c7)cc6)c(-c6ccccc6)c5)cc4-c4ccccc4)cc3)c2)cc1. The van der Waals surface area contributed by atoms with Crippen LogP contribution in [0.4, 0.5) is 22.7 Å². The van der Waals surface area contributed by atoms with Gasteiger partial charge in [-0.2, -0.15) is 0 Å². The fourth-order valence-electron chi connectivity index (χ4n) is 8.20. The monoisotopic (exact) mass is 792 g/mol. The van der Waals surface area contributed by atoms with Crippen molar-refractivity contribution in [1.82, 2.24) is 0 Å². The molecule has 0 atom stereocenters. The van der Waals surface area contributed by atoms with Gasteiger partial charge in [0.2, 0.25) is 0 Å². The van der Waals surface area contributed by atoms with Crippen molar-refractivity contribution in [2.24, 2.45) is 0 Å². The molecule has 10 aromatic carbocycles. The molecule has 0 unspecified atom stereocenters. The molecule has 0 fully saturated rings. The molecule has 2 nitrogen and oxygen atoms in total. The Hall–Kier alpha value is -8.20. The Bertz CT molecular complexity index is 2850. The fourth-order valence-corrected chi connectivity index (χ4v) is 8.20. The lowest BCUT2D eigenvalue weighted by molar-refractivity contribution is 1.50. The highest BCUT2D eigenvalue weighted by Gasteiger charge is 2.13. The molecule has 0 amide bonds. The molecule has 2 N–H and O–H groups in total. The summed E-state index contributed by atoms with van der Waals surface area (Å²) in [6, 6.07) is 90.8. The summed E-state index contributed by atoms with van der Waals surface area (Å²) < 4.78 is 0. The average molecular weight is 793 g/mol. The minimum atomic E-state index is 1.04. The van der Waals surface area contributed by atoms with Gasteiger partial charge in [-0.15, -0.1) is 0 Å². The quantitative estimate of drug-likeness (QED) is 0.136. The highest BCUT2D eigenvalue weighted by Crippen LogP contribution is 2.39. The summed E-state index contributed by atoms with van der Waals surface area (Å²) in [4.78, 5) is 0. The minimum Gasteiger partial charge on any atom is -0.355 e. The van der Waals surface area contributed by atoms with E-state index >= 15 is 0 Å². The second-order valence-corrected chi connectivity index (χ2v) is 15.6. The lowest BCUT2D eigenvalue weighted by Crippen LogP contribution is -1.96. The molecule has 0 spiro atoms. The number of nitrogens with one attached hydrogen (secondary N) is 2. The normalized spacial score (nSPS) is 10.9. The van der Waals surface area contributed by atoms with Crippen LogP contribution >= 0.6 is 0 Å². The predicted molar refractivity (Wildman–Crippen MR) is 264 cm³/mol. The Morgan fingerprint density at radius 2 is 0.435 bits per heavy atom. The second-order valence-electron chi connectivity index (χ2n) is 15.6. The number of hydrogen-bond acceptors (Lipinski definition) is 2. The van der Waals surface area contributed by atoms with Gasteiger partial charge in [-0.25, -0.2) is 0 Å². The largest absolute Gasteiger partial charge is 0.355 e. The average Bonchev–Trinajstić information content (AvgIpc) is 3.36. The molecule has 0 saturated heterocycles.